The second-order valence-corrected chi connectivity index (χ2v) is 14.3. The van der Waals surface area contributed by atoms with Gasteiger partial charge in [0.25, 0.3) is 11.8 Å². The largest absolute Gasteiger partial charge is 2.00 e. The number of allylic oxidation sites excluding steroid dienone is 1. The van der Waals surface area contributed by atoms with Crippen molar-refractivity contribution in [1.29, 1.82) is 0 Å². The van der Waals surface area contributed by atoms with Gasteiger partial charge in [-0.15, -0.1) is 0 Å². The number of nitrogens with zero attached hydrogens (tertiary/aromatic N) is 2. The molecule has 0 unspecified atom stereocenters. The molecular formula is C51H51CrN2O4+. The molecule has 2 saturated heterocycles. The molecule has 6 nitrogen and oxygen atoms in total. The summed E-state index contributed by atoms with van der Waals surface area (Å²) in [6, 6.07) is 56.8. The number of rotatable bonds is 8. The number of likely N-dealkylation sites (tertiary alicyclic amines) is 2. The van der Waals surface area contributed by atoms with E-state index in [1.165, 1.54) is 6.08 Å². The Morgan fingerprint density at radius 1 is 0.500 bits per heavy atom. The van der Waals surface area contributed by atoms with Gasteiger partial charge in [0.2, 0.25) is 0 Å². The second kappa shape index (κ2) is 20.7. The SMILES string of the molecule is C=C[CH2-].O=C(c1ccccc1)N1CCC[C@H]1C(O)(c1ccccc1)c1ccccc1.O=C(c1ccccc1)N1CCC[C@H]1C(O)(c1ccccc1)c1ccccc1.[Cr+2]. The standard InChI is InChI=1S/2C24H23NO2.C3H5.Cr/c2*26-23(19-11-4-1-5-12-19)25-18-10-17-22(25)24(27,20-13-6-2-7-14-20)21-15-8-3-9-16-21;1-3-2;/h2*1-9,11-16,22,27H,10,17-18H2;3H,1-2H2;/q;;-1;+2/t2*22-;;/m00../s1. The monoisotopic (exact) mass is 807 g/mol. The molecule has 2 N–H and O–H groups in total. The van der Waals surface area contributed by atoms with Crippen LogP contribution in [0.15, 0.2) is 195 Å². The van der Waals surface area contributed by atoms with Crippen LogP contribution >= 0.6 is 0 Å². The molecule has 0 aromatic heterocycles. The maximum absolute atomic E-state index is 13.2. The van der Waals surface area contributed by atoms with Crippen LogP contribution in [0.5, 0.6) is 0 Å². The number of carbonyl (C=O) groups excluding carboxylic acids is 2. The van der Waals surface area contributed by atoms with E-state index >= 15 is 0 Å². The smallest absolute Gasteiger partial charge is 0.378 e. The molecule has 2 fully saturated rings. The first-order valence-corrected chi connectivity index (χ1v) is 19.6. The van der Waals surface area contributed by atoms with Gasteiger partial charge in [-0.05, 0) is 72.2 Å². The minimum atomic E-state index is -1.25. The number of aliphatic hydroxyl groups is 2. The van der Waals surface area contributed by atoms with Gasteiger partial charge in [-0.3, -0.25) is 9.59 Å². The molecule has 0 aliphatic carbocycles. The third kappa shape index (κ3) is 9.37. The molecule has 6 aromatic rings. The van der Waals surface area contributed by atoms with E-state index in [-0.39, 0.29) is 41.3 Å². The summed E-state index contributed by atoms with van der Waals surface area (Å²) >= 11 is 0. The summed E-state index contributed by atoms with van der Waals surface area (Å²) in [6.45, 7) is 7.81. The summed E-state index contributed by atoms with van der Waals surface area (Å²) in [6.07, 6.45) is 4.79. The van der Waals surface area contributed by atoms with E-state index in [1.54, 1.807) is 0 Å². The summed E-state index contributed by atoms with van der Waals surface area (Å²) in [5.74, 6) is -0.0493. The van der Waals surface area contributed by atoms with Crippen LogP contribution in [0.2, 0.25) is 0 Å². The van der Waals surface area contributed by atoms with Crippen LogP contribution < -0.4 is 0 Å². The summed E-state index contributed by atoms with van der Waals surface area (Å²) < 4.78 is 0. The zero-order valence-corrected chi connectivity index (χ0v) is 34.0. The van der Waals surface area contributed by atoms with E-state index in [2.05, 4.69) is 13.5 Å². The average Bonchev–Trinajstić information content (AvgIpc) is 4.00. The molecule has 58 heavy (non-hydrogen) atoms. The Morgan fingerprint density at radius 3 is 0.966 bits per heavy atom. The van der Waals surface area contributed by atoms with E-state index in [4.69, 9.17) is 0 Å². The predicted octanol–water partition coefficient (Wildman–Crippen LogP) is 9.46. The van der Waals surface area contributed by atoms with Crippen LogP contribution in [0.4, 0.5) is 0 Å². The predicted molar refractivity (Wildman–Crippen MR) is 228 cm³/mol. The van der Waals surface area contributed by atoms with Crippen LogP contribution in [-0.2, 0) is 28.6 Å². The van der Waals surface area contributed by atoms with Crippen LogP contribution in [0.1, 0.15) is 68.7 Å². The van der Waals surface area contributed by atoms with Crippen LogP contribution in [0, 0.1) is 6.92 Å². The van der Waals surface area contributed by atoms with Gasteiger partial charge in [0.15, 0.2) is 0 Å². The van der Waals surface area contributed by atoms with Crippen molar-refractivity contribution < 1.29 is 37.2 Å². The maximum Gasteiger partial charge on any atom is 2.00 e. The molecule has 2 aliphatic rings. The normalized spacial score (nSPS) is 16.1. The Morgan fingerprint density at radius 2 is 0.724 bits per heavy atom. The third-order valence-corrected chi connectivity index (χ3v) is 10.9. The van der Waals surface area contributed by atoms with E-state index in [9.17, 15) is 19.8 Å². The van der Waals surface area contributed by atoms with Crippen molar-refractivity contribution in [2.75, 3.05) is 13.1 Å². The number of carbonyl (C=O) groups is 2. The Bertz CT molecular complexity index is 1920. The molecule has 2 atom stereocenters. The third-order valence-electron chi connectivity index (χ3n) is 10.9. The first-order chi connectivity index (χ1) is 27.8. The van der Waals surface area contributed by atoms with Crippen molar-refractivity contribution in [2.45, 2.75) is 49.0 Å². The molecule has 2 amide bonds. The second-order valence-electron chi connectivity index (χ2n) is 14.3. The van der Waals surface area contributed by atoms with E-state index in [0.717, 1.165) is 47.9 Å². The molecule has 0 spiro atoms. The van der Waals surface area contributed by atoms with Gasteiger partial charge in [-0.1, -0.05) is 158 Å². The van der Waals surface area contributed by atoms with Gasteiger partial charge in [0, 0.05) is 24.2 Å². The molecule has 2 heterocycles. The van der Waals surface area contributed by atoms with E-state index < -0.39 is 11.2 Å². The first-order valence-electron chi connectivity index (χ1n) is 19.6. The molecule has 7 heteroatoms. The van der Waals surface area contributed by atoms with Crippen molar-refractivity contribution in [1.82, 2.24) is 9.80 Å². The molecule has 2 aliphatic heterocycles. The van der Waals surface area contributed by atoms with Crippen molar-refractivity contribution in [3.63, 3.8) is 0 Å². The van der Waals surface area contributed by atoms with Gasteiger partial charge in [-0.25, -0.2) is 19.6 Å². The van der Waals surface area contributed by atoms with Gasteiger partial charge < -0.3 is 20.0 Å². The Labute approximate surface area is 354 Å². The number of hydrogen-bond donors (Lipinski definition) is 2. The Hall–Kier alpha value is -5.68. The number of amides is 2. The topological polar surface area (TPSA) is 81.1 Å². The zero-order chi connectivity index (χ0) is 40.1. The molecule has 0 saturated carbocycles. The van der Waals surface area contributed by atoms with Crippen LogP contribution in [-0.4, -0.2) is 57.0 Å². The number of benzene rings is 6. The van der Waals surface area contributed by atoms with Crippen LogP contribution in [0.3, 0.4) is 0 Å². The minimum absolute atomic E-state index is 0. The maximum atomic E-state index is 13.2. The molecule has 0 bridgehead atoms. The quantitative estimate of drug-likeness (QED) is 0.150. The van der Waals surface area contributed by atoms with Crippen molar-refractivity contribution in [3.8, 4) is 0 Å². The van der Waals surface area contributed by atoms with E-state index in [0.29, 0.717) is 24.2 Å². The molecule has 6 aromatic carbocycles. The van der Waals surface area contributed by atoms with Crippen LogP contribution in [0.25, 0.3) is 0 Å². The van der Waals surface area contributed by atoms with Gasteiger partial charge >= 0.3 is 17.4 Å². The summed E-state index contributed by atoms with van der Waals surface area (Å²) in [7, 11) is 0. The first kappa shape index (κ1) is 43.4. The summed E-state index contributed by atoms with van der Waals surface area (Å²) in [5.41, 5.74) is 2.08. The van der Waals surface area contributed by atoms with Crippen molar-refractivity contribution in [3.05, 3.63) is 235 Å². The van der Waals surface area contributed by atoms with Crippen molar-refractivity contribution >= 4 is 11.8 Å². The fraction of sp³-hybridized carbons (Fsp3) is 0.196. The van der Waals surface area contributed by atoms with Gasteiger partial charge in [0.1, 0.15) is 11.2 Å². The Balaban J connectivity index is 0.000000204. The molecule has 0 radical (unpaired) electrons. The fourth-order valence-electron chi connectivity index (χ4n) is 8.25. The molecular weight excluding hydrogens is 757 g/mol. The number of hydrogen-bond acceptors (Lipinski definition) is 4. The van der Waals surface area contributed by atoms with Crippen molar-refractivity contribution in [2.24, 2.45) is 0 Å². The molecule has 294 valence electrons. The van der Waals surface area contributed by atoms with Gasteiger partial charge in [0.05, 0.1) is 12.1 Å². The fourth-order valence-corrected chi connectivity index (χ4v) is 8.25. The zero-order valence-electron chi connectivity index (χ0n) is 32.7. The van der Waals surface area contributed by atoms with E-state index in [1.807, 2.05) is 192 Å². The Kier molecular flexibility index (Phi) is 15.5. The summed E-state index contributed by atoms with van der Waals surface area (Å²) in [5, 5.41) is 24.1. The summed E-state index contributed by atoms with van der Waals surface area (Å²) in [4.78, 5) is 30.0. The van der Waals surface area contributed by atoms with Gasteiger partial charge in [-0.2, -0.15) is 0 Å². The average molecular weight is 808 g/mol. The molecule has 8 rings (SSSR count). The minimum Gasteiger partial charge on any atom is -0.378 e.